The van der Waals surface area contributed by atoms with Gasteiger partial charge in [-0.2, -0.15) is 5.26 Å². The topological polar surface area (TPSA) is 49.9 Å². The standard InChI is InChI=1S/C35H43N3O2S/c1-9-11-21-38(22-12-10-2)28-15-13-27(32(23-28)39-25(3)4)14-16-29-17-18-30(41-29)19-20-31-33(37-8)34(26(5)24-36)40-35(31,6)7/h13-20,23,25H,9-12,21-22H2,1-7H3/b16-14+,20-19+,34-26+. The molecule has 0 bridgehead atoms. The van der Waals surface area contributed by atoms with Gasteiger partial charge in [0.05, 0.1) is 24.3 Å². The summed E-state index contributed by atoms with van der Waals surface area (Å²) < 4.78 is 12.3. The largest absolute Gasteiger partial charge is 0.494 e. The number of anilines is 1. The minimum absolute atomic E-state index is 0.0846. The summed E-state index contributed by atoms with van der Waals surface area (Å²) in [5, 5.41) is 9.32. The second-order valence-electron chi connectivity index (χ2n) is 11.0. The molecule has 0 atom stereocenters. The highest BCUT2D eigenvalue weighted by Gasteiger charge is 2.37. The molecule has 1 aliphatic rings. The number of thiophene rings is 1. The fourth-order valence-corrected chi connectivity index (χ4v) is 5.44. The quantitative estimate of drug-likeness (QED) is 0.178. The molecule has 1 aliphatic heterocycles. The van der Waals surface area contributed by atoms with Crippen molar-refractivity contribution in [2.24, 2.45) is 0 Å². The van der Waals surface area contributed by atoms with Gasteiger partial charge < -0.3 is 14.4 Å². The van der Waals surface area contributed by atoms with E-state index in [9.17, 15) is 5.26 Å². The van der Waals surface area contributed by atoms with Gasteiger partial charge in [0.15, 0.2) is 0 Å². The van der Waals surface area contributed by atoms with E-state index in [2.05, 4.69) is 86.0 Å². The van der Waals surface area contributed by atoms with Crippen molar-refractivity contribution in [3.05, 3.63) is 85.7 Å². The van der Waals surface area contributed by atoms with E-state index in [1.54, 1.807) is 18.3 Å². The number of ether oxygens (including phenoxy) is 2. The Bertz CT molecular complexity index is 1400. The Balaban J connectivity index is 1.85. The van der Waals surface area contributed by atoms with Gasteiger partial charge in [-0.15, -0.1) is 11.3 Å². The molecule has 0 amide bonds. The fraction of sp³-hybridized carbons (Fsp3) is 0.429. The van der Waals surface area contributed by atoms with Crippen LogP contribution in [0.25, 0.3) is 23.1 Å². The number of rotatable bonds is 13. The van der Waals surface area contributed by atoms with Gasteiger partial charge >= 0.3 is 0 Å². The number of benzene rings is 1. The van der Waals surface area contributed by atoms with Crippen LogP contribution in [0.3, 0.4) is 0 Å². The average molecular weight is 570 g/mol. The molecular formula is C35H43N3O2S. The SMILES string of the molecule is [C-]#[N+]C1=C(/C=C/c2ccc(/C=C/c3ccc(N(CCCC)CCCC)cc3OC(C)C)s2)C(C)(C)O/C1=C(\C)C#N. The highest BCUT2D eigenvalue weighted by molar-refractivity contribution is 7.13. The lowest BCUT2D eigenvalue weighted by Gasteiger charge is -2.26. The number of nitrogens with zero attached hydrogens (tertiary/aromatic N) is 3. The summed E-state index contributed by atoms with van der Waals surface area (Å²) in [6.07, 6.45) is 13.0. The van der Waals surface area contributed by atoms with Crippen molar-refractivity contribution in [2.75, 3.05) is 18.0 Å². The number of allylic oxidation sites excluding steroid dienone is 1. The zero-order chi connectivity index (χ0) is 30.0. The monoisotopic (exact) mass is 569 g/mol. The number of hydrogen-bond acceptors (Lipinski definition) is 5. The Morgan fingerprint density at radius 3 is 2.27 bits per heavy atom. The molecule has 6 heteroatoms. The summed E-state index contributed by atoms with van der Waals surface area (Å²) in [6, 6.07) is 12.9. The lowest BCUT2D eigenvalue weighted by atomic mass is 9.97. The summed E-state index contributed by atoms with van der Waals surface area (Å²) in [7, 11) is 0. The van der Waals surface area contributed by atoms with Crippen LogP contribution in [0.4, 0.5) is 5.69 Å². The highest BCUT2D eigenvalue weighted by atomic mass is 32.1. The summed E-state index contributed by atoms with van der Waals surface area (Å²) in [5.41, 5.74) is 3.21. The van der Waals surface area contributed by atoms with Crippen molar-refractivity contribution >= 4 is 35.3 Å². The minimum Gasteiger partial charge on any atom is -0.494 e. The third-order valence-corrected chi connectivity index (χ3v) is 7.89. The maximum absolute atomic E-state index is 9.32. The first-order valence-electron chi connectivity index (χ1n) is 14.6. The second kappa shape index (κ2) is 14.8. The van der Waals surface area contributed by atoms with Crippen LogP contribution in [0.2, 0.25) is 0 Å². The first kappa shape index (κ1) is 31.8. The summed E-state index contributed by atoms with van der Waals surface area (Å²) >= 11 is 1.67. The molecule has 5 nitrogen and oxygen atoms in total. The van der Waals surface area contributed by atoms with E-state index < -0.39 is 5.60 Å². The number of hydrogen-bond donors (Lipinski definition) is 0. The molecule has 2 heterocycles. The van der Waals surface area contributed by atoms with E-state index in [-0.39, 0.29) is 6.10 Å². The van der Waals surface area contributed by atoms with E-state index >= 15 is 0 Å². The summed E-state index contributed by atoms with van der Waals surface area (Å²) in [6.45, 7) is 23.9. The molecule has 0 radical (unpaired) electrons. The van der Waals surface area contributed by atoms with Gasteiger partial charge in [0.25, 0.3) is 0 Å². The van der Waals surface area contributed by atoms with E-state index in [4.69, 9.17) is 16.0 Å². The van der Waals surface area contributed by atoms with Crippen LogP contribution in [0.5, 0.6) is 5.75 Å². The van der Waals surface area contributed by atoms with Crippen LogP contribution in [0.15, 0.2) is 59.0 Å². The molecule has 0 fully saturated rings. The van der Waals surface area contributed by atoms with Gasteiger partial charge in [-0.25, -0.2) is 4.85 Å². The lowest BCUT2D eigenvalue weighted by molar-refractivity contribution is 0.0948. The van der Waals surface area contributed by atoms with Crippen molar-refractivity contribution in [1.82, 2.24) is 0 Å². The number of unbranched alkanes of at least 4 members (excludes halogenated alkanes) is 2. The molecule has 216 valence electrons. The maximum Gasteiger partial charge on any atom is 0.236 e. The molecule has 1 aromatic carbocycles. The predicted molar refractivity (Wildman–Crippen MR) is 174 cm³/mol. The van der Waals surface area contributed by atoms with Crippen LogP contribution in [-0.4, -0.2) is 24.8 Å². The Hall–Kier alpha value is -3.74. The van der Waals surface area contributed by atoms with Crippen molar-refractivity contribution in [1.29, 1.82) is 5.26 Å². The van der Waals surface area contributed by atoms with E-state index in [0.29, 0.717) is 17.0 Å². The molecule has 0 N–H and O–H groups in total. The smallest absolute Gasteiger partial charge is 0.236 e. The third-order valence-electron chi connectivity index (χ3n) is 6.87. The Morgan fingerprint density at radius 2 is 1.71 bits per heavy atom. The maximum atomic E-state index is 9.32. The third kappa shape index (κ3) is 8.38. The Labute approximate surface area is 250 Å². The van der Waals surface area contributed by atoms with E-state index in [1.807, 2.05) is 26.0 Å². The van der Waals surface area contributed by atoms with Crippen LogP contribution in [0, 0.1) is 17.9 Å². The van der Waals surface area contributed by atoms with E-state index in [0.717, 1.165) is 39.7 Å². The van der Waals surface area contributed by atoms with Gasteiger partial charge in [-0.05, 0) is 90.0 Å². The Morgan fingerprint density at radius 1 is 1.07 bits per heavy atom. The molecule has 0 saturated heterocycles. The highest BCUT2D eigenvalue weighted by Crippen LogP contribution is 2.41. The zero-order valence-corrected chi connectivity index (χ0v) is 26.4. The normalized spacial score (nSPS) is 15.9. The minimum atomic E-state index is -0.675. The average Bonchev–Trinajstić information content (AvgIpc) is 3.50. The van der Waals surface area contributed by atoms with Gasteiger partial charge in [-0.3, -0.25) is 0 Å². The van der Waals surface area contributed by atoms with Gasteiger partial charge in [0.1, 0.15) is 17.1 Å². The zero-order valence-electron chi connectivity index (χ0n) is 25.6. The second-order valence-corrected chi connectivity index (χ2v) is 12.2. The first-order chi connectivity index (χ1) is 19.6. The van der Waals surface area contributed by atoms with Crippen molar-refractivity contribution in [3.63, 3.8) is 0 Å². The number of nitriles is 1. The van der Waals surface area contributed by atoms with Gasteiger partial charge in [0, 0.05) is 45.7 Å². The predicted octanol–water partition coefficient (Wildman–Crippen LogP) is 9.91. The molecule has 0 unspecified atom stereocenters. The van der Waals surface area contributed by atoms with Crippen LogP contribution in [0.1, 0.15) is 89.5 Å². The molecule has 0 saturated carbocycles. The van der Waals surface area contributed by atoms with Gasteiger partial charge in [0.2, 0.25) is 5.70 Å². The first-order valence-corrected chi connectivity index (χ1v) is 15.4. The molecule has 3 rings (SSSR count). The van der Waals surface area contributed by atoms with Crippen molar-refractivity contribution < 1.29 is 9.47 Å². The molecule has 0 aliphatic carbocycles. The van der Waals surface area contributed by atoms with Crippen LogP contribution < -0.4 is 9.64 Å². The van der Waals surface area contributed by atoms with E-state index in [1.165, 1.54) is 31.4 Å². The van der Waals surface area contributed by atoms with Crippen molar-refractivity contribution in [3.8, 4) is 11.8 Å². The molecule has 2 aromatic rings. The van der Waals surface area contributed by atoms with Gasteiger partial charge in [-0.1, -0.05) is 32.8 Å². The summed E-state index contributed by atoms with van der Waals surface area (Å²) in [5.74, 6) is 1.29. The Kier molecular flexibility index (Phi) is 11.4. The molecule has 0 spiro atoms. The molecule has 41 heavy (non-hydrogen) atoms. The fourth-order valence-electron chi connectivity index (χ4n) is 4.63. The van der Waals surface area contributed by atoms with Crippen molar-refractivity contribution in [2.45, 2.75) is 85.9 Å². The van der Waals surface area contributed by atoms with Crippen LogP contribution >= 0.6 is 11.3 Å². The molecule has 1 aromatic heterocycles. The molecular weight excluding hydrogens is 526 g/mol. The summed E-state index contributed by atoms with van der Waals surface area (Å²) in [4.78, 5) is 8.37. The lowest BCUT2D eigenvalue weighted by Crippen LogP contribution is -2.25. The van der Waals surface area contributed by atoms with Crippen LogP contribution in [-0.2, 0) is 4.74 Å².